The largest absolute Gasteiger partial charge is 0.352 e. The van der Waals surface area contributed by atoms with E-state index < -0.39 is 6.04 Å². The van der Waals surface area contributed by atoms with E-state index in [9.17, 15) is 9.59 Å². The first-order valence-electron chi connectivity index (χ1n) is 10.2. The summed E-state index contributed by atoms with van der Waals surface area (Å²) in [7, 11) is 0. The Morgan fingerprint density at radius 3 is 2.24 bits per heavy atom. The van der Waals surface area contributed by atoms with Crippen LogP contribution in [0.2, 0.25) is 5.02 Å². The maximum atomic E-state index is 13.2. The highest BCUT2D eigenvalue weighted by atomic mass is 35.5. The molecule has 0 fully saturated rings. The highest BCUT2D eigenvalue weighted by Crippen LogP contribution is 2.20. The second-order valence-electron chi connectivity index (χ2n) is 7.63. The van der Waals surface area contributed by atoms with Crippen molar-refractivity contribution < 1.29 is 9.59 Å². The Bertz CT molecular complexity index is 835. The van der Waals surface area contributed by atoms with Gasteiger partial charge >= 0.3 is 0 Å². The highest BCUT2D eigenvalue weighted by Gasteiger charge is 2.29. The molecule has 1 N–H and O–H groups in total. The zero-order chi connectivity index (χ0) is 21.4. The standard InChI is InChI=1S/C24H31ClN2O2/c1-5-22(24(29)26-17(2)3)27(16-20-12-7-6-10-18(20)4)23(28)15-14-19-11-8-9-13-21(19)25/h6-13,17,22H,5,14-16H2,1-4H3,(H,26,29)/t22-/m1/s1. The molecule has 0 aliphatic rings. The minimum Gasteiger partial charge on any atom is -0.352 e. The van der Waals surface area contributed by atoms with Gasteiger partial charge in [-0.05, 0) is 56.4 Å². The van der Waals surface area contributed by atoms with Crippen LogP contribution in [0.15, 0.2) is 48.5 Å². The lowest BCUT2D eigenvalue weighted by Crippen LogP contribution is -2.50. The molecule has 156 valence electrons. The normalized spacial score (nSPS) is 11.9. The Kier molecular flexibility index (Phi) is 8.71. The first-order chi connectivity index (χ1) is 13.8. The van der Waals surface area contributed by atoms with Gasteiger partial charge in [0.15, 0.2) is 0 Å². The Hall–Kier alpha value is -2.33. The van der Waals surface area contributed by atoms with Crippen molar-refractivity contribution >= 4 is 23.4 Å². The molecular formula is C24H31ClN2O2. The van der Waals surface area contributed by atoms with Gasteiger partial charge in [-0.2, -0.15) is 0 Å². The SMILES string of the molecule is CC[C@H](C(=O)NC(C)C)N(Cc1ccccc1C)C(=O)CCc1ccccc1Cl. The highest BCUT2D eigenvalue weighted by molar-refractivity contribution is 6.31. The minimum atomic E-state index is -0.504. The summed E-state index contributed by atoms with van der Waals surface area (Å²) in [5, 5.41) is 3.62. The van der Waals surface area contributed by atoms with Gasteiger partial charge in [0.1, 0.15) is 6.04 Å². The number of nitrogens with one attached hydrogen (secondary N) is 1. The number of nitrogens with zero attached hydrogens (tertiary/aromatic N) is 1. The van der Waals surface area contributed by atoms with Crippen molar-refractivity contribution in [1.29, 1.82) is 0 Å². The van der Waals surface area contributed by atoms with Crippen molar-refractivity contribution in [3.05, 3.63) is 70.2 Å². The Morgan fingerprint density at radius 2 is 1.66 bits per heavy atom. The van der Waals surface area contributed by atoms with Crippen LogP contribution in [0.5, 0.6) is 0 Å². The molecule has 0 bridgehead atoms. The van der Waals surface area contributed by atoms with E-state index in [2.05, 4.69) is 5.32 Å². The first-order valence-corrected chi connectivity index (χ1v) is 10.6. The van der Waals surface area contributed by atoms with E-state index >= 15 is 0 Å². The molecule has 0 aromatic heterocycles. The van der Waals surface area contributed by atoms with Gasteiger partial charge in [0.25, 0.3) is 0 Å². The molecule has 0 spiro atoms. The Morgan fingerprint density at radius 1 is 1.03 bits per heavy atom. The fourth-order valence-electron chi connectivity index (χ4n) is 3.36. The number of aryl methyl sites for hydroxylation is 2. The van der Waals surface area contributed by atoms with Gasteiger partial charge < -0.3 is 10.2 Å². The predicted molar refractivity (Wildman–Crippen MR) is 119 cm³/mol. The van der Waals surface area contributed by atoms with Crippen LogP contribution in [-0.2, 0) is 22.6 Å². The molecule has 2 aromatic rings. The average Bonchev–Trinajstić information content (AvgIpc) is 2.68. The van der Waals surface area contributed by atoms with Crippen LogP contribution >= 0.6 is 11.6 Å². The van der Waals surface area contributed by atoms with Crippen LogP contribution in [0.25, 0.3) is 0 Å². The van der Waals surface area contributed by atoms with Crippen LogP contribution in [0.4, 0.5) is 0 Å². The molecule has 0 unspecified atom stereocenters. The molecule has 1 atom stereocenters. The third kappa shape index (κ3) is 6.60. The van der Waals surface area contributed by atoms with Gasteiger partial charge in [0, 0.05) is 24.0 Å². The monoisotopic (exact) mass is 414 g/mol. The van der Waals surface area contributed by atoms with Gasteiger partial charge in [0.05, 0.1) is 0 Å². The van der Waals surface area contributed by atoms with Crippen LogP contribution < -0.4 is 5.32 Å². The van der Waals surface area contributed by atoms with Crippen LogP contribution in [0.3, 0.4) is 0 Å². The summed E-state index contributed by atoms with van der Waals surface area (Å²) in [5.74, 6) is -0.152. The first kappa shape index (κ1) is 23.0. The van der Waals surface area contributed by atoms with Crippen molar-refractivity contribution in [2.75, 3.05) is 0 Å². The van der Waals surface area contributed by atoms with Crippen molar-refractivity contribution in [3.63, 3.8) is 0 Å². The van der Waals surface area contributed by atoms with Crippen molar-refractivity contribution in [3.8, 4) is 0 Å². The summed E-state index contributed by atoms with van der Waals surface area (Å²) >= 11 is 6.25. The van der Waals surface area contributed by atoms with E-state index in [-0.39, 0.29) is 17.9 Å². The number of benzene rings is 2. The summed E-state index contributed by atoms with van der Waals surface area (Å²) in [6.07, 6.45) is 1.41. The van der Waals surface area contributed by atoms with E-state index in [1.54, 1.807) is 4.90 Å². The lowest BCUT2D eigenvalue weighted by Gasteiger charge is -2.31. The average molecular weight is 415 g/mol. The number of hydrogen-bond acceptors (Lipinski definition) is 2. The number of carbonyl (C=O) groups is 2. The molecule has 0 saturated heterocycles. The van der Waals surface area contributed by atoms with Crippen LogP contribution in [0.1, 0.15) is 50.3 Å². The number of halogens is 1. The molecule has 2 rings (SSSR count). The fourth-order valence-corrected chi connectivity index (χ4v) is 3.59. The quantitative estimate of drug-likeness (QED) is 0.633. The molecule has 0 aliphatic heterocycles. The number of carbonyl (C=O) groups excluding carboxylic acids is 2. The predicted octanol–water partition coefficient (Wildman–Crippen LogP) is 4.91. The van der Waals surface area contributed by atoms with Crippen LogP contribution in [-0.4, -0.2) is 28.8 Å². The van der Waals surface area contributed by atoms with Gasteiger partial charge in [-0.25, -0.2) is 0 Å². The smallest absolute Gasteiger partial charge is 0.243 e. The number of rotatable bonds is 9. The molecule has 2 amide bonds. The minimum absolute atomic E-state index is 0.0232. The van der Waals surface area contributed by atoms with Gasteiger partial charge in [-0.3, -0.25) is 9.59 Å². The second kappa shape index (κ2) is 11.0. The van der Waals surface area contributed by atoms with Gasteiger partial charge in [0.2, 0.25) is 11.8 Å². The molecule has 0 radical (unpaired) electrons. The third-order valence-electron chi connectivity index (χ3n) is 4.98. The maximum Gasteiger partial charge on any atom is 0.243 e. The summed E-state index contributed by atoms with van der Waals surface area (Å²) in [4.78, 5) is 27.8. The van der Waals surface area contributed by atoms with Crippen molar-refractivity contribution in [1.82, 2.24) is 10.2 Å². The maximum absolute atomic E-state index is 13.2. The zero-order valence-electron chi connectivity index (χ0n) is 17.7. The second-order valence-corrected chi connectivity index (χ2v) is 8.03. The summed E-state index contributed by atoms with van der Waals surface area (Å²) in [6, 6.07) is 15.1. The molecule has 4 nitrogen and oxygen atoms in total. The van der Waals surface area contributed by atoms with Crippen LogP contribution in [0, 0.1) is 6.92 Å². The van der Waals surface area contributed by atoms with E-state index in [0.29, 0.717) is 30.8 Å². The van der Waals surface area contributed by atoms with E-state index in [4.69, 9.17) is 11.6 Å². The van der Waals surface area contributed by atoms with Crippen molar-refractivity contribution in [2.45, 2.75) is 65.6 Å². The topological polar surface area (TPSA) is 49.4 Å². The van der Waals surface area contributed by atoms with Crippen molar-refractivity contribution in [2.24, 2.45) is 0 Å². The van der Waals surface area contributed by atoms with E-state index in [1.165, 1.54) is 0 Å². The number of amides is 2. The summed E-state index contributed by atoms with van der Waals surface area (Å²) < 4.78 is 0. The summed E-state index contributed by atoms with van der Waals surface area (Å²) in [5.41, 5.74) is 3.10. The lowest BCUT2D eigenvalue weighted by molar-refractivity contribution is -0.141. The Labute approximate surface area is 179 Å². The molecule has 0 saturated carbocycles. The van der Waals surface area contributed by atoms with E-state index in [1.807, 2.05) is 76.2 Å². The molecule has 5 heteroatoms. The third-order valence-corrected chi connectivity index (χ3v) is 5.35. The fraction of sp³-hybridized carbons (Fsp3) is 0.417. The molecule has 29 heavy (non-hydrogen) atoms. The lowest BCUT2D eigenvalue weighted by atomic mass is 10.0. The number of hydrogen-bond donors (Lipinski definition) is 1. The molecule has 2 aromatic carbocycles. The molecule has 0 aliphatic carbocycles. The molecular weight excluding hydrogens is 384 g/mol. The zero-order valence-corrected chi connectivity index (χ0v) is 18.5. The van der Waals surface area contributed by atoms with E-state index in [0.717, 1.165) is 16.7 Å². The van der Waals surface area contributed by atoms with Gasteiger partial charge in [-0.15, -0.1) is 0 Å². The van der Waals surface area contributed by atoms with Gasteiger partial charge in [-0.1, -0.05) is 61.0 Å². The summed E-state index contributed by atoms with van der Waals surface area (Å²) in [6.45, 7) is 8.23. The Balaban J connectivity index is 2.24. The molecule has 0 heterocycles.